The lowest BCUT2D eigenvalue weighted by Gasteiger charge is -2.25. The van der Waals surface area contributed by atoms with Crippen LogP contribution in [0.1, 0.15) is 50.6 Å². The summed E-state index contributed by atoms with van der Waals surface area (Å²) in [6.45, 7) is -3.42. The minimum Gasteiger partial charge on any atom is -0.394 e. The number of H-pyrrole nitrogens is 2. The normalized spacial score (nSPS) is 29.1. The molecule has 43 heteroatoms. The number of aliphatic hydroxyl groups is 2. The molecule has 0 aromatic carbocycles. The van der Waals surface area contributed by atoms with E-state index in [1.165, 1.54) is 27.9 Å². The molecule has 440 valence electrons. The van der Waals surface area contributed by atoms with Gasteiger partial charge < -0.3 is 66.8 Å². The number of nitrogens with two attached hydrogens (primary N) is 4. The first-order valence-electron chi connectivity index (χ1n) is 23.6. The van der Waals surface area contributed by atoms with Crippen LogP contribution in [0, 0.1) is 0 Å². The van der Waals surface area contributed by atoms with E-state index in [9.17, 15) is 57.8 Å². The van der Waals surface area contributed by atoms with E-state index in [1.54, 1.807) is 0 Å². The summed E-state index contributed by atoms with van der Waals surface area (Å²) in [5.41, 5.74) is 19.5. The predicted molar refractivity (Wildman–Crippen MR) is 275 cm³/mol. The van der Waals surface area contributed by atoms with Crippen molar-refractivity contribution in [2.75, 3.05) is 49.4 Å². The van der Waals surface area contributed by atoms with Gasteiger partial charge in [0.05, 0.1) is 54.1 Å². The van der Waals surface area contributed by atoms with Gasteiger partial charge in [-0.15, -0.1) is 0 Å². The number of halogens is 2. The van der Waals surface area contributed by atoms with E-state index < -0.39 is 159 Å². The van der Waals surface area contributed by atoms with Crippen molar-refractivity contribution in [3.8, 4) is 0 Å². The highest BCUT2D eigenvalue weighted by Gasteiger charge is 2.48. The lowest BCUT2D eigenvalue weighted by molar-refractivity contribution is -0.0630. The summed E-state index contributed by atoms with van der Waals surface area (Å²) in [5, 5.41) is 20.9. The van der Waals surface area contributed by atoms with Crippen molar-refractivity contribution in [1.29, 1.82) is 0 Å². The van der Waals surface area contributed by atoms with Crippen molar-refractivity contribution in [1.82, 2.24) is 58.1 Å². The number of aliphatic hydroxyl groups excluding tert-OH is 2. The molecule has 0 aliphatic carbocycles. The number of nitrogen functional groups attached to an aromatic ring is 4. The SMILES string of the molecule is Nc1nc2c(ncn2[C@H]2C[C@H](OP(=O)(O)OC[C@H]3O[C@@H](n4cc(Br)c(N)nc4=O)C[C@@H]3OP(=O)(O)OC[C@H]3O[C@@H](n4cnc5c(=O)[nH]c(N)nc54)C[C@@H]3O)[C@@H](COP(=O)(O)O[C@H]3C[C@H](n4cc(Br)c(N)nc4=O)O[C@@H]3CO)O2)c(=O)[nH]1. The smallest absolute Gasteiger partial charge is 0.394 e. The van der Waals surface area contributed by atoms with Crippen LogP contribution < -0.4 is 45.4 Å². The van der Waals surface area contributed by atoms with Crippen LogP contribution in [-0.2, 0) is 59.8 Å². The molecular formula is C38H47Br2N16O22P3. The van der Waals surface area contributed by atoms with Crippen LogP contribution in [0.2, 0.25) is 0 Å². The largest absolute Gasteiger partial charge is 0.472 e. The molecule has 15 N–H and O–H groups in total. The van der Waals surface area contributed by atoms with E-state index in [2.05, 4.69) is 71.7 Å². The molecule has 10 rings (SSSR count). The highest BCUT2D eigenvalue weighted by Crippen LogP contribution is 2.54. The van der Waals surface area contributed by atoms with E-state index >= 15 is 0 Å². The van der Waals surface area contributed by atoms with Crippen LogP contribution in [0.4, 0.5) is 23.5 Å². The molecule has 81 heavy (non-hydrogen) atoms. The fraction of sp³-hybridized carbons (Fsp3) is 0.526. The molecule has 0 bridgehead atoms. The monoisotopic (exact) mass is 1330 g/mol. The molecule has 38 nitrogen and oxygen atoms in total. The van der Waals surface area contributed by atoms with Gasteiger partial charge in [-0.3, -0.25) is 65.0 Å². The zero-order valence-corrected chi connectivity index (χ0v) is 46.8. The predicted octanol–water partition coefficient (Wildman–Crippen LogP) is -1.37. The molecule has 4 saturated heterocycles. The van der Waals surface area contributed by atoms with Gasteiger partial charge in [0.25, 0.3) is 11.1 Å². The van der Waals surface area contributed by atoms with Gasteiger partial charge in [0.15, 0.2) is 22.3 Å². The number of hydrogen-bond donors (Lipinski definition) is 11. The highest BCUT2D eigenvalue weighted by atomic mass is 79.9. The zero-order chi connectivity index (χ0) is 58.0. The van der Waals surface area contributed by atoms with E-state index in [0.717, 1.165) is 15.5 Å². The second kappa shape index (κ2) is 23.0. The van der Waals surface area contributed by atoms with E-state index in [0.29, 0.717) is 0 Å². The molecule has 15 atom stereocenters. The van der Waals surface area contributed by atoms with Gasteiger partial charge >= 0.3 is 34.8 Å². The van der Waals surface area contributed by atoms with Gasteiger partial charge in [-0.2, -0.15) is 19.9 Å². The van der Waals surface area contributed by atoms with E-state index in [1.807, 2.05) is 0 Å². The number of nitrogens with zero attached hydrogens (tertiary/aromatic N) is 10. The fourth-order valence-corrected chi connectivity index (χ4v) is 12.7. The topological polar surface area (TPSA) is 546 Å². The van der Waals surface area contributed by atoms with Crippen molar-refractivity contribution >= 4 is 101 Å². The van der Waals surface area contributed by atoms with Gasteiger partial charge in [-0.05, 0) is 31.9 Å². The molecule has 10 heterocycles. The number of anilines is 4. The lowest BCUT2D eigenvalue weighted by atomic mass is 10.2. The number of aromatic amines is 2. The van der Waals surface area contributed by atoms with Crippen molar-refractivity contribution in [3.05, 3.63) is 75.7 Å². The summed E-state index contributed by atoms with van der Waals surface area (Å²) in [6, 6.07) is 0. The Bertz CT molecular complexity index is 3770. The average Bonchev–Trinajstić information content (AvgIpc) is 4.48. The Morgan fingerprint density at radius 2 is 0.926 bits per heavy atom. The first-order chi connectivity index (χ1) is 38.2. The van der Waals surface area contributed by atoms with Crippen molar-refractivity contribution in [2.24, 2.45) is 0 Å². The third kappa shape index (κ3) is 12.8. The van der Waals surface area contributed by atoms with Crippen molar-refractivity contribution < 1.29 is 84.7 Å². The number of aromatic nitrogens is 12. The van der Waals surface area contributed by atoms with Gasteiger partial charge in [0.1, 0.15) is 79.3 Å². The number of phosphoric ester groups is 3. The standard InChI is InChI=1S/C38H47Br2N16O22P3/c39-13-5-53(37(61)47-29(13)41)24-2-16(19(7-57)72-24)76-80(65,66)70-10-22-18(4-26(75-22)56-12-46-28-32(56)50-36(44)52-34(28)60)78-81(67,68)71-9-21-17(3-25(74-21)54-6-14(40)30(42)48-38(54)62)77-79(63,64)69-8-20-15(58)1-23(73-20)55-11-45-27-31(55)49-35(43)51-33(27)59/h5-6,11-12,15-26,57-58H,1-4,7-10H2,(H,63,64)(H,65,66)(H,67,68)(H2,41,47,61)(H2,42,48,62)(H3,43,49,51,59)(H3,44,50,52,60)/t15-,16-,17-,18-,19+,20+,21+,22+,23+,24+,25+,26+/m0/s1. The Labute approximate surface area is 466 Å². The minimum atomic E-state index is -5.41. The average molecular weight is 1330 g/mol. The first kappa shape index (κ1) is 58.9. The second-order valence-electron chi connectivity index (χ2n) is 18.3. The first-order valence-corrected chi connectivity index (χ1v) is 29.7. The molecule has 6 aromatic heterocycles. The second-order valence-corrected chi connectivity index (χ2v) is 24.2. The number of phosphoric acid groups is 3. The van der Waals surface area contributed by atoms with Crippen LogP contribution in [0.25, 0.3) is 22.3 Å². The Morgan fingerprint density at radius 3 is 1.35 bits per heavy atom. The maximum Gasteiger partial charge on any atom is 0.472 e. The van der Waals surface area contributed by atoms with E-state index in [4.69, 9.17) is 69.0 Å². The summed E-state index contributed by atoms with van der Waals surface area (Å²) < 4.78 is 102. The molecule has 4 aliphatic rings. The van der Waals surface area contributed by atoms with Crippen LogP contribution in [-0.4, -0.2) is 158 Å². The Balaban J connectivity index is 0.836. The Kier molecular flexibility index (Phi) is 16.8. The van der Waals surface area contributed by atoms with Crippen molar-refractivity contribution in [3.63, 3.8) is 0 Å². The summed E-state index contributed by atoms with van der Waals surface area (Å²) in [5.74, 6) is -0.848. The lowest BCUT2D eigenvalue weighted by Crippen LogP contribution is -2.31. The molecule has 4 fully saturated rings. The maximum absolute atomic E-state index is 14.0. The van der Waals surface area contributed by atoms with Crippen LogP contribution >= 0.6 is 55.3 Å². The van der Waals surface area contributed by atoms with E-state index in [-0.39, 0.29) is 67.6 Å². The molecule has 0 amide bonds. The Morgan fingerprint density at radius 1 is 0.568 bits per heavy atom. The fourth-order valence-electron chi connectivity index (χ4n) is 9.19. The molecule has 6 aromatic rings. The van der Waals surface area contributed by atoms with Crippen molar-refractivity contribution in [2.45, 2.75) is 99.4 Å². The Hall–Kier alpha value is -5.29. The third-order valence-electron chi connectivity index (χ3n) is 12.9. The number of nitrogens with one attached hydrogen (secondary N) is 2. The summed E-state index contributed by atoms with van der Waals surface area (Å²) in [7, 11) is -15.9. The molecule has 0 spiro atoms. The molecule has 3 unspecified atom stereocenters. The van der Waals surface area contributed by atoms with Gasteiger partial charge in [-0.25, -0.2) is 33.3 Å². The number of imidazole rings is 2. The highest BCUT2D eigenvalue weighted by molar-refractivity contribution is 9.11. The molecular weight excluding hydrogens is 1290 g/mol. The summed E-state index contributed by atoms with van der Waals surface area (Å²) in [6.07, 6.45) is -12.8. The van der Waals surface area contributed by atoms with Crippen LogP contribution in [0.3, 0.4) is 0 Å². The number of rotatable bonds is 20. The maximum atomic E-state index is 14.0. The molecule has 0 radical (unpaired) electrons. The zero-order valence-electron chi connectivity index (χ0n) is 40.9. The van der Waals surface area contributed by atoms with Crippen LogP contribution in [0.5, 0.6) is 0 Å². The molecule has 0 saturated carbocycles. The third-order valence-corrected chi connectivity index (χ3v) is 17.2. The molecule has 4 aliphatic heterocycles. The number of hydrogen-bond acceptors (Lipinski definition) is 29. The van der Waals surface area contributed by atoms with Gasteiger partial charge in [0, 0.05) is 38.1 Å². The number of fused-ring (bicyclic) bond motifs is 2. The minimum absolute atomic E-state index is 0.0306. The summed E-state index contributed by atoms with van der Waals surface area (Å²) in [4.78, 5) is 112. The summed E-state index contributed by atoms with van der Waals surface area (Å²) >= 11 is 6.34. The van der Waals surface area contributed by atoms with Gasteiger partial charge in [0.2, 0.25) is 11.9 Å². The van der Waals surface area contributed by atoms with Gasteiger partial charge in [-0.1, -0.05) is 0 Å². The van der Waals surface area contributed by atoms with Crippen LogP contribution in [0.15, 0.2) is 53.2 Å². The number of ether oxygens (including phenoxy) is 4. The quantitative estimate of drug-likeness (QED) is 0.0393.